The van der Waals surface area contributed by atoms with Gasteiger partial charge in [-0.1, -0.05) is 12.1 Å². The van der Waals surface area contributed by atoms with Crippen molar-refractivity contribution in [3.63, 3.8) is 0 Å². The lowest BCUT2D eigenvalue weighted by Crippen LogP contribution is -2.41. The molecule has 8 heteroatoms. The number of sulfonamides is 1. The molecule has 0 aliphatic carbocycles. The molecule has 0 atom stereocenters. The van der Waals surface area contributed by atoms with Gasteiger partial charge < -0.3 is 15.4 Å². The maximum absolute atomic E-state index is 11.3. The summed E-state index contributed by atoms with van der Waals surface area (Å²) < 4.78 is 30.4. The minimum atomic E-state index is -3.16. The summed E-state index contributed by atoms with van der Waals surface area (Å²) in [6.07, 6.45) is 0. The van der Waals surface area contributed by atoms with Gasteiger partial charge in [0.1, 0.15) is 5.75 Å². The summed E-state index contributed by atoms with van der Waals surface area (Å²) in [5, 5.41) is 6.22. The summed E-state index contributed by atoms with van der Waals surface area (Å²) in [4.78, 5) is 4.47. The van der Waals surface area contributed by atoms with E-state index >= 15 is 0 Å². The van der Waals surface area contributed by atoms with Crippen molar-refractivity contribution in [2.45, 2.75) is 20.4 Å². The molecule has 0 aliphatic rings. The fraction of sp³-hybridized carbons (Fsp3) is 0.533. The number of nitrogens with one attached hydrogen (secondary N) is 3. The molecule has 0 amide bonds. The van der Waals surface area contributed by atoms with E-state index in [0.717, 1.165) is 17.9 Å². The molecule has 1 aromatic rings. The van der Waals surface area contributed by atoms with E-state index in [0.29, 0.717) is 25.6 Å². The Kier molecular flexibility index (Phi) is 8.42. The zero-order chi connectivity index (χ0) is 17.1. The zero-order valence-corrected chi connectivity index (χ0v) is 14.7. The number of rotatable bonds is 9. The van der Waals surface area contributed by atoms with Crippen LogP contribution in [0.2, 0.25) is 0 Å². The maximum Gasteiger partial charge on any atom is 0.211 e. The molecule has 0 saturated carbocycles. The summed E-state index contributed by atoms with van der Waals surface area (Å²) in [6, 6.07) is 7.72. The van der Waals surface area contributed by atoms with Crippen LogP contribution in [0.4, 0.5) is 0 Å². The van der Waals surface area contributed by atoms with Crippen LogP contribution in [0.15, 0.2) is 29.3 Å². The monoisotopic (exact) mass is 342 g/mol. The van der Waals surface area contributed by atoms with E-state index in [-0.39, 0.29) is 5.75 Å². The van der Waals surface area contributed by atoms with E-state index in [1.165, 1.54) is 0 Å². The minimum Gasteiger partial charge on any atom is -0.497 e. The quantitative estimate of drug-likeness (QED) is 0.349. The van der Waals surface area contributed by atoms with Crippen LogP contribution in [0.3, 0.4) is 0 Å². The predicted octanol–water partition coefficient (Wildman–Crippen LogP) is 0.690. The molecule has 1 aromatic carbocycles. The van der Waals surface area contributed by atoms with E-state index in [1.54, 1.807) is 14.0 Å². The third-order valence-electron chi connectivity index (χ3n) is 3.02. The van der Waals surface area contributed by atoms with Crippen molar-refractivity contribution in [3.8, 4) is 5.75 Å². The number of guanidine groups is 1. The largest absolute Gasteiger partial charge is 0.497 e. The second kappa shape index (κ2) is 10.1. The second-order valence-electron chi connectivity index (χ2n) is 4.77. The number of nitrogens with zero attached hydrogens (tertiary/aromatic N) is 1. The van der Waals surface area contributed by atoms with Crippen LogP contribution >= 0.6 is 0 Å². The van der Waals surface area contributed by atoms with E-state index < -0.39 is 10.0 Å². The average Bonchev–Trinajstić information content (AvgIpc) is 2.56. The Morgan fingerprint density at radius 3 is 2.65 bits per heavy atom. The number of methoxy groups -OCH3 is 1. The van der Waals surface area contributed by atoms with Crippen molar-refractivity contribution < 1.29 is 13.2 Å². The molecule has 23 heavy (non-hydrogen) atoms. The first kappa shape index (κ1) is 19.2. The highest BCUT2D eigenvalue weighted by Crippen LogP contribution is 2.12. The topological polar surface area (TPSA) is 91.8 Å². The first-order valence-corrected chi connectivity index (χ1v) is 9.28. The lowest BCUT2D eigenvalue weighted by molar-refractivity contribution is 0.414. The molecule has 0 aliphatic heterocycles. The Balaban J connectivity index is 2.52. The van der Waals surface area contributed by atoms with Crippen LogP contribution in [-0.2, 0) is 16.6 Å². The highest BCUT2D eigenvalue weighted by atomic mass is 32.2. The van der Waals surface area contributed by atoms with Gasteiger partial charge >= 0.3 is 0 Å². The van der Waals surface area contributed by atoms with Gasteiger partial charge in [-0.15, -0.1) is 0 Å². The maximum atomic E-state index is 11.3. The third kappa shape index (κ3) is 7.85. The number of hydrogen-bond donors (Lipinski definition) is 3. The van der Waals surface area contributed by atoms with Crippen molar-refractivity contribution in [3.05, 3.63) is 29.8 Å². The van der Waals surface area contributed by atoms with Gasteiger partial charge in [0.15, 0.2) is 5.96 Å². The number of aliphatic imine (C=N–C) groups is 1. The van der Waals surface area contributed by atoms with Crippen molar-refractivity contribution in [1.29, 1.82) is 0 Å². The molecule has 0 radical (unpaired) electrons. The summed E-state index contributed by atoms with van der Waals surface area (Å²) >= 11 is 0. The molecule has 0 bridgehead atoms. The van der Waals surface area contributed by atoms with Crippen LogP contribution in [-0.4, -0.2) is 46.9 Å². The van der Waals surface area contributed by atoms with Crippen molar-refractivity contribution in [2.75, 3.05) is 32.5 Å². The summed E-state index contributed by atoms with van der Waals surface area (Å²) in [6.45, 7) is 5.60. The molecule has 0 unspecified atom stereocenters. The molecular weight excluding hydrogens is 316 g/mol. The highest BCUT2D eigenvalue weighted by Gasteiger charge is 2.05. The first-order valence-electron chi connectivity index (χ1n) is 7.63. The predicted molar refractivity (Wildman–Crippen MR) is 93.3 cm³/mol. The van der Waals surface area contributed by atoms with E-state index in [1.807, 2.05) is 31.2 Å². The number of benzene rings is 1. The number of hydrogen-bond acceptors (Lipinski definition) is 4. The first-order chi connectivity index (χ1) is 11.0. The fourth-order valence-electron chi connectivity index (χ4n) is 1.77. The molecular formula is C15H26N4O3S. The smallest absolute Gasteiger partial charge is 0.211 e. The van der Waals surface area contributed by atoms with Gasteiger partial charge in [-0.3, -0.25) is 0 Å². The van der Waals surface area contributed by atoms with Crippen LogP contribution < -0.4 is 20.1 Å². The Bertz CT molecular complexity index is 602. The molecule has 3 N–H and O–H groups in total. The standard InChI is InChI=1S/C15H26N4O3S/c1-4-16-15(17-9-10-19-23(20,21)5-2)18-12-13-7-6-8-14(11-13)22-3/h6-8,11,19H,4-5,9-10,12H2,1-3H3,(H2,16,17,18). The summed E-state index contributed by atoms with van der Waals surface area (Å²) in [5.41, 5.74) is 1.04. The van der Waals surface area contributed by atoms with Crippen LogP contribution in [0.5, 0.6) is 5.75 Å². The highest BCUT2D eigenvalue weighted by molar-refractivity contribution is 7.89. The minimum absolute atomic E-state index is 0.0804. The van der Waals surface area contributed by atoms with Crippen molar-refractivity contribution >= 4 is 16.0 Å². The van der Waals surface area contributed by atoms with Gasteiger partial charge in [0, 0.05) is 19.6 Å². The van der Waals surface area contributed by atoms with E-state index in [4.69, 9.17) is 4.74 Å². The van der Waals surface area contributed by atoms with Gasteiger partial charge in [-0.2, -0.15) is 0 Å². The van der Waals surface area contributed by atoms with Crippen molar-refractivity contribution in [1.82, 2.24) is 15.4 Å². The Morgan fingerprint density at radius 2 is 2.00 bits per heavy atom. The van der Waals surface area contributed by atoms with Gasteiger partial charge in [-0.25, -0.2) is 18.1 Å². The van der Waals surface area contributed by atoms with Gasteiger partial charge in [-0.05, 0) is 31.5 Å². The van der Waals surface area contributed by atoms with Gasteiger partial charge in [0.2, 0.25) is 10.0 Å². The molecule has 0 fully saturated rings. The third-order valence-corrected chi connectivity index (χ3v) is 4.42. The molecule has 0 saturated heterocycles. The molecule has 0 aromatic heterocycles. The lowest BCUT2D eigenvalue weighted by atomic mass is 10.2. The van der Waals surface area contributed by atoms with E-state index in [2.05, 4.69) is 20.3 Å². The van der Waals surface area contributed by atoms with Crippen LogP contribution in [0.1, 0.15) is 19.4 Å². The van der Waals surface area contributed by atoms with Crippen molar-refractivity contribution in [2.24, 2.45) is 4.99 Å². The lowest BCUT2D eigenvalue weighted by Gasteiger charge is -2.12. The number of ether oxygens (including phenoxy) is 1. The Labute approximate surface area is 138 Å². The molecule has 0 spiro atoms. The Hall–Kier alpha value is -1.80. The molecule has 1 rings (SSSR count). The summed E-state index contributed by atoms with van der Waals surface area (Å²) in [5.74, 6) is 1.52. The summed E-state index contributed by atoms with van der Waals surface area (Å²) in [7, 11) is -1.53. The average molecular weight is 342 g/mol. The van der Waals surface area contributed by atoms with Gasteiger partial charge in [0.05, 0.1) is 19.4 Å². The zero-order valence-electron chi connectivity index (χ0n) is 13.9. The van der Waals surface area contributed by atoms with Crippen LogP contribution in [0.25, 0.3) is 0 Å². The normalized spacial score (nSPS) is 12.0. The second-order valence-corrected chi connectivity index (χ2v) is 6.87. The van der Waals surface area contributed by atoms with Gasteiger partial charge in [0.25, 0.3) is 0 Å². The molecule has 0 heterocycles. The fourth-order valence-corrected chi connectivity index (χ4v) is 2.39. The van der Waals surface area contributed by atoms with Crippen LogP contribution in [0, 0.1) is 0 Å². The molecule has 7 nitrogen and oxygen atoms in total. The molecule has 130 valence electrons. The Morgan fingerprint density at radius 1 is 1.22 bits per heavy atom. The SMILES string of the molecule is CCNC(=NCc1cccc(OC)c1)NCCNS(=O)(=O)CC. The van der Waals surface area contributed by atoms with E-state index in [9.17, 15) is 8.42 Å².